The molecule has 4 heterocycles. The van der Waals surface area contributed by atoms with Crippen molar-refractivity contribution in [2.45, 2.75) is 62.0 Å². The number of nitrogens with zero attached hydrogens (tertiary/aromatic N) is 7. The molecule has 0 spiro atoms. The van der Waals surface area contributed by atoms with Gasteiger partial charge in [0.05, 0.1) is 35.8 Å². The van der Waals surface area contributed by atoms with Gasteiger partial charge in [-0.25, -0.2) is 4.39 Å². The molecule has 13 heteroatoms. The molecule has 3 aromatic rings. The molecule has 48 heavy (non-hydrogen) atoms. The molecule has 9 nitrogen and oxygen atoms in total. The Morgan fingerprint density at radius 2 is 1.98 bits per heavy atom. The average Bonchev–Trinajstić information content (AvgIpc) is 3.55. The van der Waals surface area contributed by atoms with E-state index in [2.05, 4.69) is 26.7 Å². The van der Waals surface area contributed by atoms with E-state index in [-0.39, 0.29) is 23.5 Å². The van der Waals surface area contributed by atoms with Gasteiger partial charge in [0.2, 0.25) is 0 Å². The summed E-state index contributed by atoms with van der Waals surface area (Å²) in [6.45, 7) is 4.65. The number of likely N-dealkylation sites (tertiary alicyclic amines) is 1. The molecule has 0 radical (unpaired) electrons. The minimum Gasteiger partial charge on any atom is -0.462 e. The molecule has 0 N–H and O–H groups in total. The third-order valence-corrected chi connectivity index (χ3v) is 10.3. The predicted molar refractivity (Wildman–Crippen MR) is 187 cm³/mol. The van der Waals surface area contributed by atoms with Crippen LogP contribution in [0.5, 0.6) is 6.01 Å². The summed E-state index contributed by atoms with van der Waals surface area (Å²) in [6.07, 6.45) is 10.0. The van der Waals surface area contributed by atoms with Crippen molar-refractivity contribution < 1.29 is 13.9 Å². The molecule has 2 saturated heterocycles. The van der Waals surface area contributed by atoms with Crippen LogP contribution in [-0.4, -0.2) is 88.5 Å². The number of benzene rings is 2. The molecule has 0 bridgehead atoms. The van der Waals surface area contributed by atoms with E-state index in [0.717, 1.165) is 66.9 Å². The van der Waals surface area contributed by atoms with Crippen LogP contribution in [0.4, 0.5) is 15.9 Å². The summed E-state index contributed by atoms with van der Waals surface area (Å²) >= 11 is 18.4. The zero-order chi connectivity index (χ0) is 33.8. The lowest BCUT2D eigenvalue weighted by molar-refractivity contribution is -0.132. The Kier molecular flexibility index (Phi) is 11.0. The van der Waals surface area contributed by atoms with Gasteiger partial charge in [0.1, 0.15) is 18.2 Å². The summed E-state index contributed by atoms with van der Waals surface area (Å²) in [5.74, 6) is 2.58. The van der Waals surface area contributed by atoms with Crippen LogP contribution in [-0.2, 0) is 17.8 Å². The van der Waals surface area contributed by atoms with Crippen LogP contribution in [0.2, 0.25) is 5.02 Å². The Hall–Kier alpha value is -3.54. The van der Waals surface area contributed by atoms with Gasteiger partial charge in [-0.05, 0) is 56.3 Å². The van der Waals surface area contributed by atoms with E-state index in [1.807, 2.05) is 18.2 Å². The molecular formula is C35H37Cl3FN7O2. The van der Waals surface area contributed by atoms with Gasteiger partial charge in [-0.1, -0.05) is 53.0 Å². The van der Waals surface area contributed by atoms with Gasteiger partial charge in [-0.2, -0.15) is 15.2 Å². The number of piperazine rings is 1. The molecular weight excluding hydrogens is 676 g/mol. The van der Waals surface area contributed by atoms with Gasteiger partial charge >= 0.3 is 6.01 Å². The third kappa shape index (κ3) is 7.23. The van der Waals surface area contributed by atoms with Crippen molar-refractivity contribution >= 4 is 63.0 Å². The van der Waals surface area contributed by atoms with E-state index in [1.165, 1.54) is 6.07 Å². The second-order valence-electron chi connectivity index (χ2n) is 12.4. The number of amides is 1. The molecule has 6 rings (SSSR count). The fraction of sp³-hybridized carbons (Fsp3) is 0.486. The first-order chi connectivity index (χ1) is 23.3. The van der Waals surface area contributed by atoms with Crippen molar-refractivity contribution in [3.05, 3.63) is 52.4 Å². The quantitative estimate of drug-likeness (QED) is 0.144. The lowest BCUT2D eigenvalue weighted by Gasteiger charge is -2.42. The Labute approximate surface area is 295 Å². The number of rotatable bonds is 10. The first-order valence-electron chi connectivity index (χ1n) is 16.3. The fourth-order valence-electron chi connectivity index (χ4n) is 7.15. The summed E-state index contributed by atoms with van der Waals surface area (Å²) in [5.41, 5.74) is 2.62. The fourth-order valence-corrected chi connectivity index (χ4v) is 7.67. The van der Waals surface area contributed by atoms with Gasteiger partial charge in [-0.3, -0.25) is 9.69 Å². The van der Waals surface area contributed by atoms with E-state index in [4.69, 9.17) is 55.9 Å². The predicted octanol–water partition coefficient (Wildman–Crippen LogP) is 5.98. The van der Waals surface area contributed by atoms with E-state index in [1.54, 1.807) is 11.0 Å². The monoisotopic (exact) mass is 711 g/mol. The molecule has 3 aliphatic rings. The molecule has 2 aromatic carbocycles. The second kappa shape index (κ2) is 15.3. The summed E-state index contributed by atoms with van der Waals surface area (Å²) in [4.78, 5) is 29.8. The SMILES string of the molecule is C#CCCCN1CCC[C@H]1COc1nc2c(c(N3CCN(C(=O)C(Cl)Cl)[C@@H](CC#N)C3)n1)CCN(c1cccc3ccc(F)c(Cl)c13)C2. The third-order valence-electron chi connectivity index (χ3n) is 9.53. The average molecular weight is 713 g/mol. The highest BCUT2D eigenvalue weighted by Crippen LogP contribution is 2.38. The van der Waals surface area contributed by atoms with E-state index in [0.29, 0.717) is 51.1 Å². The van der Waals surface area contributed by atoms with Crippen LogP contribution in [0.15, 0.2) is 30.3 Å². The van der Waals surface area contributed by atoms with Crippen LogP contribution in [0.3, 0.4) is 0 Å². The number of hydrogen-bond donors (Lipinski definition) is 0. The normalized spacial score (nSPS) is 19.8. The number of alkyl halides is 2. The zero-order valence-electron chi connectivity index (χ0n) is 26.6. The molecule has 0 unspecified atom stereocenters. The molecule has 3 aliphatic heterocycles. The van der Waals surface area contributed by atoms with E-state index >= 15 is 0 Å². The lowest BCUT2D eigenvalue weighted by atomic mass is 10.0. The summed E-state index contributed by atoms with van der Waals surface area (Å²) < 4.78 is 21.0. The van der Waals surface area contributed by atoms with Crippen LogP contribution in [0.1, 0.15) is 43.4 Å². The minimum absolute atomic E-state index is 0.0942. The number of ether oxygens (including phenoxy) is 1. The van der Waals surface area contributed by atoms with Gasteiger partial charge in [-0.15, -0.1) is 12.3 Å². The Bertz CT molecular complexity index is 1750. The van der Waals surface area contributed by atoms with Crippen molar-refractivity contribution in [2.24, 2.45) is 0 Å². The minimum atomic E-state index is -1.20. The maximum Gasteiger partial charge on any atom is 0.318 e. The Morgan fingerprint density at radius 1 is 1.12 bits per heavy atom. The van der Waals surface area contributed by atoms with E-state index in [9.17, 15) is 14.4 Å². The summed E-state index contributed by atoms with van der Waals surface area (Å²) in [5, 5.41) is 11.2. The Morgan fingerprint density at radius 3 is 2.77 bits per heavy atom. The second-order valence-corrected chi connectivity index (χ2v) is 13.9. The molecule has 252 valence electrons. The number of aromatic nitrogens is 2. The smallest absolute Gasteiger partial charge is 0.318 e. The number of carbonyl (C=O) groups is 1. The maximum atomic E-state index is 14.6. The highest BCUT2D eigenvalue weighted by atomic mass is 35.5. The number of unbranched alkanes of at least 4 members (excludes halogenated alkanes) is 1. The standard InChI is InChI=1S/C35H37Cl3FN7O2/c1-2-3-4-15-43-16-6-8-25(43)22-48-35-41-28-21-44(29-9-5-7-23-10-11-27(39)31(36)30(23)29)17-13-26(28)33(42-35)45-18-19-46(34(47)32(37)38)24(20-45)12-14-40/h1,5,7,9-11,24-25,32H,3-4,6,8,12-13,15-22H2/t24-,25-/m0/s1. The largest absolute Gasteiger partial charge is 0.462 e. The number of anilines is 2. The van der Waals surface area contributed by atoms with Crippen LogP contribution in [0, 0.1) is 29.5 Å². The van der Waals surface area contributed by atoms with Crippen LogP contribution in [0.25, 0.3) is 10.8 Å². The number of carbonyl (C=O) groups excluding carboxylic acids is 1. The number of hydrogen-bond acceptors (Lipinski definition) is 8. The topological polar surface area (TPSA) is 88.8 Å². The van der Waals surface area contributed by atoms with Crippen LogP contribution < -0.4 is 14.5 Å². The van der Waals surface area contributed by atoms with Gasteiger partial charge < -0.3 is 19.4 Å². The van der Waals surface area contributed by atoms with Crippen molar-refractivity contribution in [1.29, 1.82) is 5.26 Å². The first-order valence-corrected chi connectivity index (χ1v) is 17.6. The summed E-state index contributed by atoms with van der Waals surface area (Å²) in [6, 6.07) is 11.3. The molecule has 0 saturated carbocycles. The molecule has 0 aliphatic carbocycles. The molecule has 1 aromatic heterocycles. The molecule has 1 amide bonds. The maximum absolute atomic E-state index is 14.6. The van der Waals surface area contributed by atoms with Gasteiger partial charge in [0.25, 0.3) is 5.91 Å². The van der Waals surface area contributed by atoms with Crippen molar-refractivity contribution in [3.63, 3.8) is 0 Å². The van der Waals surface area contributed by atoms with Gasteiger partial charge in [0, 0.05) is 55.3 Å². The number of fused-ring (bicyclic) bond motifs is 2. The molecule has 2 atom stereocenters. The van der Waals surface area contributed by atoms with E-state index < -0.39 is 22.6 Å². The van der Waals surface area contributed by atoms with Crippen molar-refractivity contribution in [1.82, 2.24) is 19.8 Å². The van der Waals surface area contributed by atoms with Gasteiger partial charge in [0.15, 0.2) is 4.84 Å². The molecule has 2 fully saturated rings. The summed E-state index contributed by atoms with van der Waals surface area (Å²) in [7, 11) is 0. The number of terminal acetylenes is 1. The number of nitriles is 1. The highest BCUT2D eigenvalue weighted by molar-refractivity contribution is 6.53. The lowest BCUT2D eigenvalue weighted by Crippen LogP contribution is -2.56. The highest BCUT2D eigenvalue weighted by Gasteiger charge is 2.36. The van der Waals surface area contributed by atoms with Crippen molar-refractivity contribution in [2.75, 3.05) is 55.7 Å². The van der Waals surface area contributed by atoms with Crippen LogP contribution >= 0.6 is 34.8 Å². The number of halogens is 4. The zero-order valence-corrected chi connectivity index (χ0v) is 28.8. The van der Waals surface area contributed by atoms with Crippen molar-refractivity contribution in [3.8, 4) is 24.4 Å². The Balaban J connectivity index is 1.32. The first kappa shape index (κ1) is 34.3.